The summed E-state index contributed by atoms with van der Waals surface area (Å²) < 4.78 is 32.8. The molecular weight excluding hydrogens is 360 g/mol. The van der Waals surface area contributed by atoms with Crippen molar-refractivity contribution in [3.8, 4) is 11.3 Å². The number of benzene rings is 2. The maximum Gasteiger partial charge on any atom is 0.271 e. The molecule has 0 saturated heterocycles. The van der Waals surface area contributed by atoms with Crippen molar-refractivity contribution in [1.29, 1.82) is 0 Å². The molecule has 7 nitrogen and oxygen atoms in total. The van der Waals surface area contributed by atoms with E-state index >= 15 is 0 Å². The summed E-state index contributed by atoms with van der Waals surface area (Å²) in [5.41, 5.74) is -0.176. The molecule has 0 unspecified atom stereocenters. The lowest BCUT2D eigenvalue weighted by molar-refractivity contribution is -0.384. The monoisotopic (exact) mass is 373 g/mol. The number of carbonyl (C=O) groups excluding carboxylic acids is 1. The van der Waals surface area contributed by atoms with Gasteiger partial charge in [0, 0.05) is 30.7 Å². The third-order valence-electron chi connectivity index (χ3n) is 3.67. The number of nitro groups is 1. The minimum atomic E-state index is -0.777. The number of rotatable bonds is 6. The van der Waals surface area contributed by atoms with Crippen molar-refractivity contribution >= 4 is 17.3 Å². The number of amides is 1. The summed E-state index contributed by atoms with van der Waals surface area (Å²) in [4.78, 5) is 26.1. The van der Waals surface area contributed by atoms with Gasteiger partial charge < -0.3 is 9.73 Å². The van der Waals surface area contributed by atoms with Crippen LogP contribution in [-0.2, 0) is 11.2 Å². The summed E-state index contributed by atoms with van der Waals surface area (Å²) in [6.45, 7) is 0. The topological polar surface area (TPSA) is 98.3 Å². The third kappa shape index (κ3) is 4.32. The second-order valence-corrected chi connectivity index (χ2v) is 5.57. The Labute approximate surface area is 151 Å². The van der Waals surface area contributed by atoms with Crippen LogP contribution in [0.1, 0.15) is 12.3 Å². The molecule has 0 aliphatic rings. The Balaban J connectivity index is 1.62. The second-order valence-electron chi connectivity index (χ2n) is 5.57. The van der Waals surface area contributed by atoms with E-state index in [-0.39, 0.29) is 41.4 Å². The van der Waals surface area contributed by atoms with Crippen LogP contribution < -0.4 is 5.32 Å². The van der Waals surface area contributed by atoms with Gasteiger partial charge in [0.1, 0.15) is 11.6 Å². The van der Waals surface area contributed by atoms with E-state index in [0.29, 0.717) is 0 Å². The largest absolute Gasteiger partial charge is 0.441 e. The number of nitrogens with zero attached hydrogens (tertiary/aromatic N) is 2. The molecule has 1 aromatic heterocycles. The smallest absolute Gasteiger partial charge is 0.271 e. The van der Waals surface area contributed by atoms with E-state index in [9.17, 15) is 23.7 Å². The van der Waals surface area contributed by atoms with Gasteiger partial charge in [-0.1, -0.05) is 12.1 Å². The number of hydrogen-bond donors (Lipinski definition) is 1. The van der Waals surface area contributed by atoms with Gasteiger partial charge in [-0.15, -0.1) is 0 Å². The van der Waals surface area contributed by atoms with Crippen molar-refractivity contribution in [2.75, 3.05) is 5.32 Å². The van der Waals surface area contributed by atoms with E-state index in [4.69, 9.17) is 4.42 Å². The SMILES string of the molecule is O=C(CCc1ncc(-c2c(F)cccc2F)o1)Nc1cccc([N+](=O)[O-])c1. The van der Waals surface area contributed by atoms with Gasteiger partial charge in [-0.05, 0) is 18.2 Å². The van der Waals surface area contributed by atoms with Crippen LogP contribution in [0.2, 0.25) is 0 Å². The summed E-state index contributed by atoms with van der Waals surface area (Å²) in [6, 6.07) is 8.98. The molecule has 0 atom stereocenters. The average Bonchev–Trinajstić information content (AvgIpc) is 3.08. The highest BCUT2D eigenvalue weighted by Crippen LogP contribution is 2.27. The highest BCUT2D eigenvalue weighted by atomic mass is 19.1. The van der Waals surface area contributed by atoms with Gasteiger partial charge in [0.15, 0.2) is 11.7 Å². The number of halogens is 2. The first-order valence-electron chi connectivity index (χ1n) is 7.87. The molecule has 0 radical (unpaired) electrons. The number of nitro benzene ring substituents is 1. The van der Waals surface area contributed by atoms with Crippen LogP contribution in [0.25, 0.3) is 11.3 Å². The molecule has 1 heterocycles. The van der Waals surface area contributed by atoms with Crippen LogP contribution >= 0.6 is 0 Å². The number of hydrogen-bond acceptors (Lipinski definition) is 5. The average molecular weight is 373 g/mol. The van der Waals surface area contributed by atoms with E-state index in [0.717, 1.165) is 12.1 Å². The Bertz CT molecular complexity index is 984. The van der Waals surface area contributed by atoms with Crippen molar-refractivity contribution in [2.45, 2.75) is 12.8 Å². The van der Waals surface area contributed by atoms with Crippen molar-refractivity contribution < 1.29 is 22.9 Å². The number of nitrogens with one attached hydrogen (secondary N) is 1. The molecule has 0 aliphatic carbocycles. The Kier molecular flexibility index (Phi) is 5.20. The van der Waals surface area contributed by atoms with Crippen molar-refractivity contribution in [3.05, 3.63) is 76.3 Å². The summed E-state index contributed by atoms with van der Waals surface area (Å²) in [5.74, 6) is -1.89. The molecular formula is C18H13F2N3O4. The molecule has 3 aromatic rings. The van der Waals surface area contributed by atoms with Crippen LogP contribution in [0.4, 0.5) is 20.2 Å². The van der Waals surface area contributed by atoms with E-state index < -0.39 is 22.5 Å². The van der Waals surface area contributed by atoms with Gasteiger partial charge in [0.05, 0.1) is 16.7 Å². The Morgan fingerprint density at radius 3 is 2.59 bits per heavy atom. The van der Waals surface area contributed by atoms with E-state index in [1.807, 2.05) is 0 Å². The quantitative estimate of drug-likeness (QED) is 0.518. The van der Waals surface area contributed by atoms with Gasteiger partial charge in [0.2, 0.25) is 5.91 Å². The molecule has 1 N–H and O–H groups in total. The number of aromatic nitrogens is 1. The number of anilines is 1. The predicted molar refractivity (Wildman–Crippen MR) is 91.9 cm³/mol. The third-order valence-corrected chi connectivity index (χ3v) is 3.67. The molecule has 0 spiro atoms. The lowest BCUT2D eigenvalue weighted by Gasteiger charge is -2.04. The molecule has 0 saturated carbocycles. The van der Waals surface area contributed by atoms with Crippen LogP contribution in [0.15, 0.2) is 53.1 Å². The van der Waals surface area contributed by atoms with Gasteiger partial charge in [0.25, 0.3) is 5.69 Å². The Morgan fingerprint density at radius 2 is 1.89 bits per heavy atom. The minimum absolute atomic E-state index is 0.0254. The van der Waals surface area contributed by atoms with Gasteiger partial charge >= 0.3 is 0 Å². The lowest BCUT2D eigenvalue weighted by Crippen LogP contribution is -2.12. The maximum atomic E-state index is 13.8. The molecule has 0 bridgehead atoms. The standard InChI is InChI=1S/C18H13F2N3O4/c19-13-5-2-6-14(20)18(13)15-10-21-17(27-15)8-7-16(24)22-11-3-1-4-12(9-11)23(25)26/h1-6,9-10H,7-8H2,(H,22,24). The summed E-state index contributed by atoms with van der Waals surface area (Å²) in [6.07, 6.45) is 1.26. The first-order valence-corrected chi connectivity index (χ1v) is 7.87. The van der Waals surface area contributed by atoms with E-state index in [2.05, 4.69) is 10.3 Å². The van der Waals surface area contributed by atoms with E-state index in [1.165, 1.54) is 36.5 Å². The zero-order valence-electron chi connectivity index (χ0n) is 13.8. The number of oxazole rings is 1. The highest BCUT2D eigenvalue weighted by Gasteiger charge is 2.16. The fourth-order valence-electron chi connectivity index (χ4n) is 2.42. The van der Waals surface area contributed by atoms with Crippen LogP contribution in [0.3, 0.4) is 0 Å². The van der Waals surface area contributed by atoms with Crippen molar-refractivity contribution in [2.24, 2.45) is 0 Å². The Morgan fingerprint density at radius 1 is 1.19 bits per heavy atom. The fraction of sp³-hybridized carbons (Fsp3) is 0.111. The Hall–Kier alpha value is -3.62. The van der Waals surface area contributed by atoms with E-state index in [1.54, 1.807) is 0 Å². The normalized spacial score (nSPS) is 10.6. The number of aryl methyl sites for hydroxylation is 1. The fourth-order valence-corrected chi connectivity index (χ4v) is 2.42. The van der Waals surface area contributed by atoms with Crippen LogP contribution in [0.5, 0.6) is 0 Å². The van der Waals surface area contributed by atoms with Gasteiger partial charge in [-0.3, -0.25) is 14.9 Å². The van der Waals surface area contributed by atoms with Gasteiger partial charge in [-0.2, -0.15) is 0 Å². The zero-order chi connectivity index (χ0) is 19.4. The number of non-ortho nitro benzene ring substituents is 1. The summed E-state index contributed by atoms with van der Waals surface area (Å²) in [5, 5.41) is 13.3. The maximum absolute atomic E-state index is 13.8. The first kappa shape index (κ1) is 18.2. The first-order chi connectivity index (χ1) is 12.9. The molecule has 9 heteroatoms. The van der Waals surface area contributed by atoms with Crippen molar-refractivity contribution in [3.63, 3.8) is 0 Å². The summed E-state index contributed by atoms with van der Waals surface area (Å²) >= 11 is 0. The van der Waals surface area contributed by atoms with Crippen molar-refractivity contribution in [1.82, 2.24) is 4.98 Å². The predicted octanol–water partition coefficient (Wildman–Crippen LogP) is 4.10. The van der Waals surface area contributed by atoms with Crippen LogP contribution in [-0.4, -0.2) is 15.8 Å². The van der Waals surface area contributed by atoms with Crippen LogP contribution in [0, 0.1) is 21.7 Å². The lowest BCUT2D eigenvalue weighted by atomic mass is 10.1. The minimum Gasteiger partial charge on any atom is -0.441 e. The molecule has 2 aromatic carbocycles. The molecule has 0 fully saturated rings. The molecule has 3 rings (SSSR count). The molecule has 1 amide bonds. The second kappa shape index (κ2) is 7.73. The molecule has 138 valence electrons. The zero-order valence-corrected chi connectivity index (χ0v) is 13.8. The number of carbonyl (C=O) groups is 1. The molecule has 27 heavy (non-hydrogen) atoms. The summed E-state index contributed by atoms with van der Waals surface area (Å²) in [7, 11) is 0. The highest BCUT2D eigenvalue weighted by molar-refractivity contribution is 5.91. The molecule has 0 aliphatic heterocycles. The van der Waals surface area contributed by atoms with Gasteiger partial charge in [-0.25, -0.2) is 13.8 Å².